The van der Waals surface area contributed by atoms with Crippen molar-refractivity contribution in [1.29, 1.82) is 0 Å². The molecule has 0 aromatic heterocycles. The molecule has 0 aliphatic carbocycles. The number of hydrogen-bond acceptors (Lipinski definition) is 4. The third kappa shape index (κ3) is 3.09. The summed E-state index contributed by atoms with van der Waals surface area (Å²) in [6.07, 6.45) is 0. The van der Waals surface area contributed by atoms with Crippen molar-refractivity contribution in [2.75, 3.05) is 11.1 Å². The van der Waals surface area contributed by atoms with Gasteiger partial charge in [0.15, 0.2) is 0 Å². The molecule has 21 heavy (non-hydrogen) atoms. The molecule has 0 heterocycles. The minimum Gasteiger partial charge on any atom is -0.392 e. The second-order valence-electron chi connectivity index (χ2n) is 4.08. The first-order chi connectivity index (χ1) is 9.90. The highest BCUT2D eigenvalue weighted by molar-refractivity contribution is 6.34. The van der Waals surface area contributed by atoms with Gasteiger partial charge in [-0.2, -0.15) is 0 Å². The van der Waals surface area contributed by atoms with Gasteiger partial charge in [-0.1, -0.05) is 23.7 Å². The average molecular weight is 310 g/mol. The number of anilines is 2. The van der Waals surface area contributed by atoms with Crippen LogP contribution >= 0.6 is 11.6 Å². The molecular formula is C13H9ClFN3O3. The second-order valence-corrected chi connectivity index (χ2v) is 4.49. The molecule has 0 atom stereocenters. The topological polar surface area (TPSA) is 98.3 Å². The number of nitro benzene ring substituents is 1. The van der Waals surface area contributed by atoms with Gasteiger partial charge in [0.2, 0.25) is 0 Å². The van der Waals surface area contributed by atoms with Gasteiger partial charge in [-0.15, -0.1) is 0 Å². The maximum atomic E-state index is 13.4. The lowest BCUT2D eigenvalue weighted by Gasteiger charge is -2.07. The van der Waals surface area contributed by atoms with E-state index in [4.69, 9.17) is 17.3 Å². The molecule has 0 spiro atoms. The Kier molecular flexibility index (Phi) is 4.04. The van der Waals surface area contributed by atoms with Crippen LogP contribution in [0.2, 0.25) is 5.02 Å². The third-order valence-electron chi connectivity index (χ3n) is 2.69. The largest absolute Gasteiger partial charge is 0.392 e. The Hall–Kier alpha value is -2.67. The quantitative estimate of drug-likeness (QED) is 0.516. The van der Waals surface area contributed by atoms with Crippen LogP contribution in [0.3, 0.4) is 0 Å². The van der Waals surface area contributed by atoms with Crippen LogP contribution in [0.15, 0.2) is 36.4 Å². The van der Waals surface area contributed by atoms with Gasteiger partial charge in [0.1, 0.15) is 11.5 Å². The summed E-state index contributed by atoms with van der Waals surface area (Å²) >= 11 is 5.76. The summed E-state index contributed by atoms with van der Waals surface area (Å²) in [6, 6.07) is 7.71. The van der Waals surface area contributed by atoms with Gasteiger partial charge in [0.25, 0.3) is 11.6 Å². The molecule has 108 valence electrons. The fourth-order valence-corrected chi connectivity index (χ4v) is 1.86. The molecular weight excluding hydrogens is 301 g/mol. The molecule has 2 rings (SSSR count). The van der Waals surface area contributed by atoms with Gasteiger partial charge in [0, 0.05) is 11.6 Å². The maximum Gasteiger partial charge on any atom is 0.294 e. The predicted molar refractivity (Wildman–Crippen MR) is 76.9 cm³/mol. The Morgan fingerprint density at radius 3 is 2.62 bits per heavy atom. The first-order valence-corrected chi connectivity index (χ1v) is 6.07. The van der Waals surface area contributed by atoms with Crippen LogP contribution in [0.1, 0.15) is 10.4 Å². The van der Waals surface area contributed by atoms with Crippen LogP contribution in [0.25, 0.3) is 0 Å². The Labute approximate surface area is 123 Å². The summed E-state index contributed by atoms with van der Waals surface area (Å²) in [4.78, 5) is 22.1. The highest BCUT2D eigenvalue weighted by atomic mass is 35.5. The van der Waals surface area contributed by atoms with E-state index in [9.17, 15) is 19.3 Å². The molecule has 0 saturated heterocycles. The summed E-state index contributed by atoms with van der Waals surface area (Å²) in [5.74, 6) is -1.35. The molecule has 0 bridgehead atoms. The van der Waals surface area contributed by atoms with E-state index in [1.54, 1.807) is 0 Å². The lowest BCUT2D eigenvalue weighted by atomic mass is 10.1. The number of nitrogen functional groups attached to an aromatic ring is 1. The minimum atomic E-state index is -0.749. The third-order valence-corrected chi connectivity index (χ3v) is 3.00. The number of nitrogens with zero attached hydrogens (tertiary/aromatic N) is 1. The lowest BCUT2D eigenvalue weighted by molar-refractivity contribution is -0.383. The zero-order valence-electron chi connectivity index (χ0n) is 10.5. The number of nitro groups is 1. The maximum absolute atomic E-state index is 13.4. The van der Waals surface area contributed by atoms with E-state index in [0.29, 0.717) is 0 Å². The first kappa shape index (κ1) is 14.7. The number of nitrogens with one attached hydrogen (secondary N) is 1. The number of amides is 1. The molecule has 0 aliphatic heterocycles. The molecule has 6 nitrogen and oxygen atoms in total. The Bertz CT molecular complexity index is 737. The van der Waals surface area contributed by atoms with Crippen molar-refractivity contribution < 1.29 is 14.1 Å². The predicted octanol–water partition coefficient (Wildman–Crippen LogP) is 3.22. The minimum absolute atomic E-state index is 0.0434. The standard InChI is InChI=1S/C13H9ClFN3O3/c14-8-5-7(6-11(12(8)16)18(20)21)13(19)17-10-4-2-1-3-9(10)15/h1-6H,16H2,(H,17,19). The van der Waals surface area contributed by atoms with Crippen LogP contribution in [0.5, 0.6) is 0 Å². The van der Waals surface area contributed by atoms with Crippen molar-refractivity contribution in [3.05, 3.63) is 62.9 Å². The number of halogens is 2. The Balaban J connectivity index is 2.36. The SMILES string of the molecule is Nc1c(Cl)cc(C(=O)Nc2ccccc2F)cc1[N+](=O)[O-]. The molecule has 0 saturated carbocycles. The van der Waals surface area contributed by atoms with Crippen molar-refractivity contribution in [2.24, 2.45) is 0 Å². The van der Waals surface area contributed by atoms with Crippen molar-refractivity contribution in [2.45, 2.75) is 0 Å². The number of para-hydroxylation sites is 1. The van der Waals surface area contributed by atoms with E-state index in [-0.39, 0.29) is 22.0 Å². The summed E-state index contributed by atoms with van der Waals surface area (Å²) < 4.78 is 13.4. The normalized spacial score (nSPS) is 10.2. The molecule has 3 N–H and O–H groups in total. The molecule has 0 aliphatic rings. The molecule has 0 unspecified atom stereocenters. The number of hydrogen-bond donors (Lipinski definition) is 2. The van der Waals surface area contributed by atoms with Gasteiger partial charge >= 0.3 is 0 Å². The summed E-state index contributed by atoms with van der Waals surface area (Å²) in [6.45, 7) is 0. The first-order valence-electron chi connectivity index (χ1n) is 5.69. The fraction of sp³-hybridized carbons (Fsp3) is 0. The summed E-state index contributed by atoms with van der Waals surface area (Å²) in [5.41, 5.74) is 4.61. The molecule has 8 heteroatoms. The van der Waals surface area contributed by atoms with Crippen LogP contribution in [-0.2, 0) is 0 Å². The molecule has 1 amide bonds. The molecule has 2 aromatic rings. The van der Waals surface area contributed by atoms with Crippen molar-refractivity contribution in [1.82, 2.24) is 0 Å². The van der Waals surface area contributed by atoms with E-state index in [2.05, 4.69) is 5.32 Å². The van der Waals surface area contributed by atoms with E-state index in [0.717, 1.165) is 6.07 Å². The highest BCUT2D eigenvalue weighted by Crippen LogP contribution is 2.31. The van der Waals surface area contributed by atoms with Gasteiger partial charge in [0.05, 0.1) is 15.6 Å². The Morgan fingerprint density at radius 1 is 1.33 bits per heavy atom. The molecule has 0 radical (unpaired) electrons. The van der Waals surface area contributed by atoms with E-state index >= 15 is 0 Å². The van der Waals surface area contributed by atoms with Crippen LogP contribution in [0.4, 0.5) is 21.5 Å². The monoisotopic (exact) mass is 309 g/mol. The zero-order chi connectivity index (χ0) is 15.6. The second kappa shape index (κ2) is 5.76. The van der Waals surface area contributed by atoms with Crippen molar-refractivity contribution in [3.63, 3.8) is 0 Å². The van der Waals surface area contributed by atoms with E-state index in [1.165, 1.54) is 30.3 Å². The fourth-order valence-electron chi connectivity index (χ4n) is 1.64. The van der Waals surface area contributed by atoms with Crippen molar-refractivity contribution >= 4 is 34.6 Å². The van der Waals surface area contributed by atoms with Crippen molar-refractivity contribution in [3.8, 4) is 0 Å². The number of nitrogens with two attached hydrogens (primary N) is 1. The molecule has 2 aromatic carbocycles. The van der Waals surface area contributed by atoms with E-state index in [1.807, 2.05) is 0 Å². The number of carbonyl (C=O) groups excluding carboxylic acids is 1. The number of rotatable bonds is 3. The number of benzene rings is 2. The Morgan fingerprint density at radius 2 is 2.00 bits per heavy atom. The molecule has 0 fully saturated rings. The van der Waals surface area contributed by atoms with Gasteiger partial charge < -0.3 is 11.1 Å². The smallest absolute Gasteiger partial charge is 0.294 e. The van der Waals surface area contributed by atoms with Crippen LogP contribution < -0.4 is 11.1 Å². The van der Waals surface area contributed by atoms with Gasteiger partial charge in [-0.05, 0) is 18.2 Å². The summed E-state index contributed by atoms with van der Waals surface area (Å²) in [5, 5.41) is 13.0. The van der Waals surface area contributed by atoms with Gasteiger partial charge in [-0.25, -0.2) is 4.39 Å². The van der Waals surface area contributed by atoms with Gasteiger partial charge in [-0.3, -0.25) is 14.9 Å². The average Bonchev–Trinajstić information content (AvgIpc) is 2.43. The number of carbonyl (C=O) groups is 1. The van der Waals surface area contributed by atoms with Crippen LogP contribution in [-0.4, -0.2) is 10.8 Å². The summed E-state index contributed by atoms with van der Waals surface area (Å²) in [7, 11) is 0. The van der Waals surface area contributed by atoms with E-state index < -0.39 is 22.3 Å². The lowest BCUT2D eigenvalue weighted by Crippen LogP contribution is -2.13. The van der Waals surface area contributed by atoms with Crippen LogP contribution in [0, 0.1) is 15.9 Å². The highest BCUT2D eigenvalue weighted by Gasteiger charge is 2.19. The zero-order valence-corrected chi connectivity index (χ0v) is 11.2.